The topological polar surface area (TPSA) is 0 Å². The van der Waals surface area contributed by atoms with Crippen molar-refractivity contribution in [2.75, 3.05) is 0 Å². The summed E-state index contributed by atoms with van der Waals surface area (Å²) in [5.41, 5.74) is 0.872. The van der Waals surface area contributed by atoms with Crippen LogP contribution in [0.3, 0.4) is 0 Å². The maximum Gasteiger partial charge on any atom is -0.0271 e. The van der Waals surface area contributed by atoms with E-state index in [1.807, 2.05) is 0 Å². The molecule has 0 radical (unpaired) electrons. The third-order valence-electron chi connectivity index (χ3n) is 3.82. The summed E-state index contributed by atoms with van der Waals surface area (Å²) >= 11 is 0. The highest BCUT2D eigenvalue weighted by Crippen LogP contribution is 2.59. The van der Waals surface area contributed by atoms with Gasteiger partial charge in [-0.15, -0.1) is 0 Å². The Hall–Kier alpha value is 0. The molecule has 0 heterocycles. The number of rotatable bonds is 2. The first-order valence-electron chi connectivity index (χ1n) is 4.87. The standard InChI is InChI=1S/C10H18/c1-2-10(7-8-10)9-5-3-4-6-9/h9H,2-8H2,1H3. The van der Waals surface area contributed by atoms with Gasteiger partial charge in [-0.3, -0.25) is 0 Å². The summed E-state index contributed by atoms with van der Waals surface area (Å²) in [5.74, 6) is 1.14. The average Bonchev–Trinajstić information content (AvgIpc) is 2.58. The lowest BCUT2D eigenvalue weighted by Crippen LogP contribution is -2.10. The molecule has 0 aromatic carbocycles. The molecule has 0 saturated heterocycles. The zero-order chi connectivity index (χ0) is 7.03. The molecule has 0 aliphatic heterocycles. The van der Waals surface area contributed by atoms with E-state index >= 15 is 0 Å². The molecule has 0 heteroatoms. The van der Waals surface area contributed by atoms with E-state index in [1.165, 1.54) is 19.3 Å². The van der Waals surface area contributed by atoms with Gasteiger partial charge < -0.3 is 0 Å². The first-order chi connectivity index (χ1) is 4.87. The highest BCUT2D eigenvalue weighted by Gasteiger charge is 2.47. The van der Waals surface area contributed by atoms with E-state index in [-0.39, 0.29) is 0 Å². The van der Waals surface area contributed by atoms with Gasteiger partial charge in [-0.1, -0.05) is 26.2 Å². The van der Waals surface area contributed by atoms with Crippen molar-refractivity contribution in [1.82, 2.24) is 0 Å². The van der Waals surface area contributed by atoms with Crippen LogP contribution < -0.4 is 0 Å². The van der Waals surface area contributed by atoms with Gasteiger partial charge in [-0.05, 0) is 37.0 Å². The molecular weight excluding hydrogens is 120 g/mol. The fourth-order valence-electron chi connectivity index (χ4n) is 2.75. The molecule has 0 atom stereocenters. The van der Waals surface area contributed by atoms with Crippen molar-refractivity contribution in [3.05, 3.63) is 0 Å². The highest BCUT2D eigenvalue weighted by molar-refractivity contribution is 4.98. The van der Waals surface area contributed by atoms with Crippen LogP contribution >= 0.6 is 0 Å². The largest absolute Gasteiger partial charge is 0.0648 e. The van der Waals surface area contributed by atoms with Gasteiger partial charge in [0, 0.05) is 0 Å². The molecule has 0 bridgehead atoms. The lowest BCUT2D eigenvalue weighted by Gasteiger charge is -2.20. The van der Waals surface area contributed by atoms with Gasteiger partial charge in [0.25, 0.3) is 0 Å². The molecule has 0 unspecified atom stereocenters. The molecule has 2 aliphatic carbocycles. The summed E-state index contributed by atoms with van der Waals surface area (Å²) in [7, 11) is 0. The first-order valence-corrected chi connectivity index (χ1v) is 4.87. The second-order valence-corrected chi connectivity index (χ2v) is 4.20. The van der Waals surface area contributed by atoms with Gasteiger partial charge in [0.15, 0.2) is 0 Å². The van der Waals surface area contributed by atoms with E-state index < -0.39 is 0 Å². The van der Waals surface area contributed by atoms with Crippen LogP contribution in [0.1, 0.15) is 51.9 Å². The Morgan fingerprint density at radius 3 is 2.20 bits per heavy atom. The third-order valence-corrected chi connectivity index (χ3v) is 3.82. The summed E-state index contributed by atoms with van der Waals surface area (Å²) in [6.07, 6.45) is 10.7. The molecule has 0 aromatic heterocycles. The second-order valence-electron chi connectivity index (χ2n) is 4.20. The smallest absolute Gasteiger partial charge is 0.0271 e. The summed E-state index contributed by atoms with van der Waals surface area (Å²) in [6, 6.07) is 0. The highest BCUT2D eigenvalue weighted by atomic mass is 14.5. The van der Waals surface area contributed by atoms with E-state index in [2.05, 4.69) is 6.92 Å². The SMILES string of the molecule is CCC1(C2CCCC2)CC1. The van der Waals surface area contributed by atoms with Crippen LogP contribution in [0.15, 0.2) is 0 Å². The summed E-state index contributed by atoms with van der Waals surface area (Å²) in [6.45, 7) is 2.38. The summed E-state index contributed by atoms with van der Waals surface area (Å²) < 4.78 is 0. The zero-order valence-electron chi connectivity index (χ0n) is 7.03. The summed E-state index contributed by atoms with van der Waals surface area (Å²) in [4.78, 5) is 0. The monoisotopic (exact) mass is 138 g/mol. The molecule has 10 heavy (non-hydrogen) atoms. The lowest BCUT2D eigenvalue weighted by atomic mass is 9.85. The lowest BCUT2D eigenvalue weighted by molar-refractivity contribution is 0.303. The van der Waals surface area contributed by atoms with E-state index in [0.29, 0.717) is 0 Å². The molecule has 58 valence electrons. The minimum Gasteiger partial charge on any atom is -0.0648 e. The fraction of sp³-hybridized carbons (Fsp3) is 1.00. The van der Waals surface area contributed by atoms with Crippen LogP contribution in [-0.4, -0.2) is 0 Å². The Morgan fingerprint density at radius 2 is 1.80 bits per heavy atom. The quantitative estimate of drug-likeness (QED) is 0.549. The fourth-order valence-corrected chi connectivity index (χ4v) is 2.75. The van der Waals surface area contributed by atoms with Crippen LogP contribution in [0.5, 0.6) is 0 Å². The Bertz CT molecular complexity index is 116. The molecular formula is C10H18. The Morgan fingerprint density at radius 1 is 1.20 bits per heavy atom. The van der Waals surface area contributed by atoms with E-state index in [1.54, 1.807) is 25.7 Å². The molecule has 2 rings (SSSR count). The molecule has 0 amide bonds. The Balaban J connectivity index is 1.96. The van der Waals surface area contributed by atoms with Crippen molar-refractivity contribution in [3.8, 4) is 0 Å². The van der Waals surface area contributed by atoms with Gasteiger partial charge in [-0.2, -0.15) is 0 Å². The minimum absolute atomic E-state index is 0.872. The second kappa shape index (κ2) is 2.25. The van der Waals surface area contributed by atoms with Crippen LogP contribution in [-0.2, 0) is 0 Å². The molecule has 0 N–H and O–H groups in total. The van der Waals surface area contributed by atoms with Crippen molar-refractivity contribution in [1.29, 1.82) is 0 Å². The van der Waals surface area contributed by atoms with Crippen molar-refractivity contribution >= 4 is 0 Å². The van der Waals surface area contributed by atoms with Gasteiger partial charge in [0.05, 0.1) is 0 Å². The van der Waals surface area contributed by atoms with Gasteiger partial charge in [0.1, 0.15) is 0 Å². The van der Waals surface area contributed by atoms with Crippen LogP contribution in [0.4, 0.5) is 0 Å². The number of hydrogen-bond donors (Lipinski definition) is 0. The molecule has 0 spiro atoms. The van der Waals surface area contributed by atoms with E-state index in [0.717, 1.165) is 11.3 Å². The van der Waals surface area contributed by atoms with Gasteiger partial charge >= 0.3 is 0 Å². The van der Waals surface area contributed by atoms with E-state index in [4.69, 9.17) is 0 Å². The van der Waals surface area contributed by atoms with Gasteiger partial charge in [0.2, 0.25) is 0 Å². The van der Waals surface area contributed by atoms with Crippen LogP contribution in [0, 0.1) is 11.3 Å². The Kier molecular flexibility index (Phi) is 1.51. The van der Waals surface area contributed by atoms with Crippen molar-refractivity contribution in [3.63, 3.8) is 0 Å². The van der Waals surface area contributed by atoms with Crippen molar-refractivity contribution < 1.29 is 0 Å². The molecule has 0 aromatic rings. The first kappa shape index (κ1) is 6.69. The summed E-state index contributed by atoms with van der Waals surface area (Å²) in [5, 5.41) is 0. The normalized spacial score (nSPS) is 30.9. The maximum atomic E-state index is 2.38. The van der Waals surface area contributed by atoms with Gasteiger partial charge in [-0.25, -0.2) is 0 Å². The van der Waals surface area contributed by atoms with Crippen molar-refractivity contribution in [2.24, 2.45) is 11.3 Å². The molecule has 2 fully saturated rings. The van der Waals surface area contributed by atoms with E-state index in [9.17, 15) is 0 Å². The van der Waals surface area contributed by atoms with Crippen molar-refractivity contribution in [2.45, 2.75) is 51.9 Å². The predicted molar refractivity (Wildman–Crippen MR) is 43.9 cm³/mol. The maximum absolute atomic E-state index is 2.38. The van der Waals surface area contributed by atoms with Crippen LogP contribution in [0.2, 0.25) is 0 Å². The van der Waals surface area contributed by atoms with Crippen LogP contribution in [0.25, 0.3) is 0 Å². The minimum atomic E-state index is 0.872. The Labute approximate surface area is 64.0 Å². The zero-order valence-corrected chi connectivity index (χ0v) is 7.03. The number of hydrogen-bond acceptors (Lipinski definition) is 0. The molecule has 2 saturated carbocycles. The molecule has 0 nitrogen and oxygen atoms in total. The third kappa shape index (κ3) is 0.889. The average molecular weight is 138 g/mol. The predicted octanol–water partition coefficient (Wildman–Crippen LogP) is 3.37. The molecule has 2 aliphatic rings.